The van der Waals surface area contributed by atoms with Crippen molar-refractivity contribution in [2.24, 2.45) is 0 Å². The summed E-state index contributed by atoms with van der Waals surface area (Å²) >= 11 is 0. The quantitative estimate of drug-likeness (QED) is 0.492. The van der Waals surface area contributed by atoms with Crippen molar-refractivity contribution < 1.29 is 0 Å². The average molecular weight is 110 g/mol. The minimum absolute atomic E-state index is 0.648. The molecule has 1 saturated heterocycles. The molecule has 2 rings (SSSR count). The number of piperidine rings is 1. The Morgan fingerprint density at radius 1 is 1.25 bits per heavy atom. The van der Waals surface area contributed by atoms with E-state index in [1.54, 1.807) is 0 Å². The Morgan fingerprint density at radius 2 is 2.12 bits per heavy atom. The second-order valence-corrected chi connectivity index (χ2v) is 2.99. The highest BCUT2D eigenvalue weighted by atomic mass is 15.0. The molecule has 0 unspecified atom stereocenters. The van der Waals surface area contributed by atoms with E-state index < -0.39 is 0 Å². The van der Waals surface area contributed by atoms with Gasteiger partial charge in [-0.3, -0.25) is 0 Å². The minimum Gasteiger partial charge on any atom is -0.311 e. The van der Waals surface area contributed by atoms with E-state index in [-0.39, 0.29) is 0 Å². The van der Waals surface area contributed by atoms with Crippen molar-refractivity contribution in [3.8, 4) is 0 Å². The Hall–Kier alpha value is -0.0400. The third-order valence-electron chi connectivity index (χ3n) is 2.30. The van der Waals surface area contributed by atoms with Crippen LogP contribution in [0.25, 0.3) is 0 Å². The van der Waals surface area contributed by atoms with Gasteiger partial charge < -0.3 is 5.32 Å². The van der Waals surface area contributed by atoms with E-state index in [9.17, 15) is 0 Å². The molecular weight excluding hydrogens is 98.1 g/mol. The second-order valence-electron chi connectivity index (χ2n) is 2.99. The van der Waals surface area contributed by atoms with E-state index in [2.05, 4.69) is 11.7 Å². The van der Waals surface area contributed by atoms with Crippen LogP contribution in [0.3, 0.4) is 0 Å². The predicted octanol–water partition coefficient (Wildman–Crippen LogP) is 1.11. The van der Waals surface area contributed by atoms with Gasteiger partial charge in [-0.2, -0.15) is 0 Å². The molecule has 1 heteroatoms. The van der Waals surface area contributed by atoms with E-state index in [1.165, 1.54) is 25.7 Å². The smallest absolute Gasteiger partial charge is 0.0183 e. The van der Waals surface area contributed by atoms with E-state index in [0.29, 0.717) is 5.54 Å². The van der Waals surface area contributed by atoms with Gasteiger partial charge in [0.25, 0.3) is 0 Å². The Balaban J connectivity index is 1.95. The van der Waals surface area contributed by atoms with Crippen LogP contribution in [0.1, 0.15) is 25.7 Å². The summed E-state index contributed by atoms with van der Waals surface area (Å²) in [6.45, 7) is 1.15. The SMILES string of the molecule is [CH]1CCC2(CC2)NC1. The molecule has 0 amide bonds. The molecule has 1 spiro atoms. The van der Waals surface area contributed by atoms with Crippen LogP contribution in [0, 0.1) is 6.42 Å². The molecule has 2 aliphatic rings. The maximum atomic E-state index is 3.51. The van der Waals surface area contributed by atoms with Gasteiger partial charge in [0.05, 0.1) is 0 Å². The normalized spacial score (nSPS) is 33.0. The fourth-order valence-corrected chi connectivity index (χ4v) is 1.44. The van der Waals surface area contributed by atoms with Crippen LogP contribution in [0.4, 0.5) is 0 Å². The summed E-state index contributed by atoms with van der Waals surface area (Å²) in [7, 11) is 0. The fraction of sp³-hybridized carbons (Fsp3) is 0.857. The Morgan fingerprint density at radius 3 is 2.50 bits per heavy atom. The largest absolute Gasteiger partial charge is 0.311 e. The Labute approximate surface area is 50.5 Å². The summed E-state index contributed by atoms with van der Waals surface area (Å²) in [6.07, 6.45) is 7.94. The highest BCUT2D eigenvalue weighted by Gasteiger charge is 2.42. The average Bonchev–Trinajstić information content (AvgIpc) is 2.52. The molecule has 0 aromatic rings. The molecule has 0 aromatic heterocycles. The van der Waals surface area contributed by atoms with Crippen LogP contribution in [0.15, 0.2) is 0 Å². The lowest BCUT2D eigenvalue weighted by Gasteiger charge is -2.21. The van der Waals surface area contributed by atoms with Crippen molar-refractivity contribution in [2.75, 3.05) is 6.54 Å². The summed E-state index contributed by atoms with van der Waals surface area (Å²) in [5, 5.41) is 3.51. The zero-order chi connectivity index (χ0) is 5.45. The van der Waals surface area contributed by atoms with Crippen LogP contribution >= 0.6 is 0 Å². The van der Waals surface area contributed by atoms with Crippen molar-refractivity contribution >= 4 is 0 Å². The van der Waals surface area contributed by atoms with Gasteiger partial charge in [0.1, 0.15) is 0 Å². The lowest BCUT2D eigenvalue weighted by Crippen LogP contribution is -2.36. The molecule has 1 nitrogen and oxygen atoms in total. The molecule has 0 atom stereocenters. The summed E-state index contributed by atoms with van der Waals surface area (Å²) in [5.74, 6) is 0. The summed E-state index contributed by atoms with van der Waals surface area (Å²) in [5.41, 5.74) is 0.648. The van der Waals surface area contributed by atoms with Crippen LogP contribution in [-0.2, 0) is 0 Å². The van der Waals surface area contributed by atoms with Gasteiger partial charge in [-0.15, -0.1) is 0 Å². The standard InChI is InChI=1S/C7H12N/c1-2-6-8-7(3-1)4-5-7/h2,8H,1,3-6H2. The molecular formula is C7H12N. The van der Waals surface area contributed by atoms with E-state index in [0.717, 1.165) is 6.54 Å². The lowest BCUT2D eigenvalue weighted by atomic mass is 10.0. The highest BCUT2D eigenvalue weighted by Crippen LogP contribution is 2.41. The first-order valence-corrected chi connectivity index (χ1v) is 3.48. The molecule has 2 fully saturated rings. The summed E-state index contributed by atoms with van der Waals surface area (Å²) in [6, 6.07) is 0. The molecule has 45 valence electrons. The molecule has 1 radical (unpaired) electrons. The second kappa shape index (κ2) is 1.47. The monoisotopic (exact) mass is 110 g/mol. The molecule has 8 heavy (non-hydrogen) atoms. The van der Waals surface area contributed by atoms with Crippen molar-refractivity contribution in [2.45, 2.75) is 31.2 Å². The van der Waals surface area contributed by atoms with Gasteiger partial charge in [-0.05, 0) is 38.6 Å². The predicted molar refractivity (Wildman–Crippen MR) is 33.5 cm³/mol. The van der Waals surface area contributed by atoms with Crippen LogP contribution in [-0.4, -0.2) is 12.1 Å². The summed E-state index contributed by atoms with van der Waals surface area (Å²) < 4.78 is 0. The van der Waals surface area contributed by atoms with Crippen LogP contribution in [0.2, 0.25) is 0 Å². The Bertz CT molecular complexity index is 86.6. The number of nitrogens with one attached hydrogen (secondary N) is 1. The lowest BCUT2D eigenvalue weighted by molar-refractivity contribution is 0.435. The van der Waals surface area contributed by atoms with Gasteiger partial charge in [0.2, 0.25) is 0 Å². The third-order valence-corrected chi connectivity index (χ3v) is 2.30. The maximum Gasteiger partial charge on any atom is 0.0183 e. The van der Waals surface area contributed by atoms with Crippen LogP contribution < -0.4 is 5.32 Å². The topological polar surface area (TPSA) is 12.0 Å². The maximum absolute atomic E-state index is 3.51. The molecule has 0 aromatic carbocycles. The highest BCUT2D eigenvalue weighted by molar-refractivity contribution is 5.06. The van der Waals surface area contributed by atoms with Crippen molar-refractivity contribution in [1.29, 1.82) is 0 Å². The van der Waals surface area contributed by atoms with Crippen molar-refractivity contribution in [3.05, 3.63) is 6.42 Å². The fourth-order valence-electron chi connectivity index (χ4n) is 1.44. The first-order chi connectivity index (χ1) is 3.91. The number of hydrogen-bond acceptors (Lipinski definition) is 1. The van der Waals surface area contributed by atoms with Crippen molar-refractivity contribution in [1.82, 2.24) is 5.32 Å². The molecule has 0 bridgehead atoms. The molecule has 1 saturated carbocycles. The van der Waals surface area contributed by atoms with Gasteiger partial charge in [0.15, 0.2) is 0 Å². The molecule has 1 aliphatic heterocycles. The van der Waals surface area contributed by atoms with E-state index >= 15 is 0 Å². The number of hydrogen-bond donors (Lipinski definition) is 1. The molecule has 1 aliphatic carbocycles. The third kappa shape index (κ3) is 0.655. The van der Waals surface area contributed by atoms with E-state index in [4.69, 9.17) is 0 Å². The minimum atomic E-state index is 0.648. The zero-order valence-corrected chi connectivity index (χ0v) is 5.11. The van der Waals surface area contributed by atoms with Gasteiger partial charge in [-0.25, -0.2) is 0 Å². The number of rotatable bonds is 0. The van der Waals surface area contributed by atoms with Gasteiger partial charge >= 0.3 is 0 Å². The van der Waals surface area contributed by atoms with Gasteiger partial charge in [-0.1, -0.05) is 0 Å². The first kappa shape index (κ1) is 4.80. The van der Waals surface area contributed by atoms with Crippen LogP contribution in [0.5, 0.6) is 0 Å². The summed E-state index contributed by atoms with van der Waals surface area (Å²) in [4.78, 5) is 0. The molecule has 1 heterocycles. The van der Waals surface area contributed by atoms with Crippen molar-refractivity contribution in [3.63, 3.8) is 0 Å². The Kier molecular flexibility index (Phi) is 0.884. The zero-order valence-electron chi connectivity index (χ0n) is 5.11. The first-order valence-electron chi connectivity index (χ1n) is 3.48. The van der Waals surface area contributed by atoms with E-state index in [1.807, 2.05) is 0 Å². The van der Waals surface area contributed by atoms with Gasteiger partial charge in [0, 0.05) is 5.54 Å². The molecule has 1 N–H and O–H groups in total.